The van der Waals surface area contributed by atoms with E-state index < -0.39 is 11.6 Å². The second-order valence-electron chi connectivity index (χ2n) is 5.08. The monoisotopic (exact) mass is 317 g/mol. The van der Waals surface area contributed by atoms with Crippen molar-refractivity contribution in [2.75, 3.05) is 0 Å². The van der Waals surface area contributed by atoms with Gasteiger partial charge in [0, 0.05) is 6.04 Å². The third-order valence-electron chi connectivity index (χ3n) is 3.65. The van der Waals surface area contributed by atoms with Crippen LogP contribution in [0.25, 0.3) is 0 Å². The van der Waals surface area contributed by atoms with Gasteiger partial charge in [0.1, 0.15) is 17.4 Å². The van der Waals surface area contributed by atoms with Crippen LogP contribution in [0.1, 0.15) is 45.1 Å². The first kappa shape index (κ1) is 15.3. The second-order valence-corrected chi connectivity index (χ2v) is 5.82. The maximum absolute atomic E-state index is 12.2. The molecule has 5 nitrogen and oxygen atoms in total. The van der Waals surface area contributed by atoms with Gasteiger partial charge in [-0.15, -0.1) is 0 Å². The van der Waals surface area contributed by atoms with Crippen molar-refractivity contribution in [3.05, 3.63) is 26.9 Å². The van der Waals surface area contributed by atoms with Crippen molar-refractivity contribution in [2.45, 2.75) is 51.1 Å². The molecule has 0 aliphatic heterocycles. The van der Waals surface area contributed by atoms with Gasteiger partial charge in [0.2, 0.25) is 5.91 Å². The number of rotatable bonds is 3. The zero-order chi connectivity index (χ0) is 14.7. The molecule has 110 valence electrons. The third kappa shape index (κ3) is 3.33. The van der Waals surface area contributed by atoms with Crippen LogP contribution in [-0.4, -0.2) is 21.5 Å². The van der Waals surface area contributed by atoms with Crippen molar-refractivity contribution in [2.24, 2.45) is 0 Å². The molecule has 0 spiro atoms. The van der Waals surface area contributed by atoms with Crippen LogP contribution in [0, 0.1) is 0 Å². The average molecular weight is 318 g/mol. The molecular weight excluding hydrogens is 301 g/mol. The van der Waals surface area contributed by atoms with Crippen LogP contribution in [0.2, 0.25) is 10.2 Å². The maximum atomic E-state index is 12.2. The normalized spacial score (nSPS) is 17.8. The summed E-state index contributed by atoms with van der Waals surface area (Å²) in [6.45, 7) is 1.64. The van der Waals surface area contributed by atoms with Crippen LogP contribution >= 0.6 is 23.2 Å². The molecule has 1 aliphatic carbocycles. The van der Waals surface area contributed by atoms with Crippen molar-refractivity contribution in [3.63, 3.8) is 0 Å². The summed E-state index contributed by atoms with van der Waals surface area (Å²) in [6, 6.07) is -0.461. The van der Waals surface area contributed by atoms with E-state index in [-0.39, 0.29) is 22.1 Å². The lowest BCUT2D eigenvalue weighted by molar-refractivity contribution is -0.124. The number of aromatic nitrogens is 2. The van der Waals surface area contributed by atoms with Crippen molar-refractivity contribution >= 4 is 29.1 Å². The molecule has 0 bridgehead atoms. The minimum Gasteiger partial charge on any atom is -0.352 e. The van der Waals surface area contributed by atoms with Gasteiger partial charge in [-0.25, -0.2) is 4.98 Å². The molecule has 1 unspecified atom stereocenters. The molecule has 20 heavy (non-hydrogen) atoms. The Morgan fingerprint density at radius 2 is 2.05 bits per heavy atom. The van der Waals surface area contributed by atoms with Crippen LogP contribution in [0.5, 0.6) is 0 Å². The number of amides is 1. The smallest absolute Gasteiger partial charge is 0.274 e. The van der Waals surface area contributed by atoms with Crippen LogP contribution in [0.4, 0.5) is 0 Å². The summed E-state index contributed by atoms with van der Waals surface area (Å²) in [6.07, 6.45) is 6.72. The molecule has 1 aliphatic rings. The van der Waals surface area contributed by atoms with Crippen molar-refractivity contribution in [3.8, 4) is 0 Å². The standard InChI is InChI=1S/C13H17Cl2N3O2/c1-8(12(19)17-9-5-3-2-4-6-9)18-7-16-11(15)10(14)13(18)20/h7-9H,2-6H2,1H3,(H,17,19). The second kappa shape index (κ2) is 6.59. The average Bonchev–Trinajstić information content (AvgIpc) is 2.45. The number of halogens is 2. The molecule has 1 heterocycles. The fraction of sp³-hybridized carbons (Fsp3) is 0.615. The van der Waals surface area contributed by atoms with Gasteiger partial charge in [-0.3, -0.25) is 14.2 Å². The topological polar surface area (TPSA) is 64.0 Å². The molecule has 2 rings (SSSR count). The maximum Gasteiger partial charge on any atom is 0.274 e. The van der Waals surface area contributed by atoms with E-state index in [2.05, 4.69) is 10.3 Å². The summed E-state index contributed by atoms with van der Waals surface area (Å²) >= 11 is 11.4. The Morgan fingerprint density at radius 1 is 1.40 bits per heavy atom. The van der Waals surface area contributed by atoms with E-state index in [0.717, 1.165) is 25.7 Å². The van der Waals surface area contributed by atoms with Crippen LogP contribution in [-0.2, 0) is 4.79 Å². The van der Waals surface area contributed by atoms with E-state index in [1.807, 2.05) is 0 Å². The van der Waals surface area contributed by atoms with E-state index in [9.17, 15) is 9.59 Å². The molecule has 1 atom stereocenters. The molecule has 1 amide bonds. The lowest BCUT2D eigenvalue weighted by Gasteiger charge is -2.25. The van der Waals surface area contributed by atoms with Gasteiger partial charge in [0.05, 0.1) is 0 Å². The zero-order valence-electron chi connectivity index (χ0n) is 11.2. The highest BCUT2D eigenvalue weighted by Crippen LogP contribution is 2.19. The molecule has 1 N–H and O–H groups in total. The van der Waals surface area contributed by atoms with E-state index >= 15 is 0 Å². The fourth-order valence-corrected chi connectivity index (χ4v) is 2.67. The molecule has 1 aromatic heterocycles. The largest absolute Gasteiger partial charge is 0.352 e. The van der Waals surface area contributed by atoms with Gasteiger partial charge in [-0.05, 0) is 19.8 Å². The molecular formula is C13H17Cl2N3O2. The molecule has 0 radical (unpaired) electrons. The van der Waals surface area contributed by atoms with Crippen LogP contribution in [0.3, 0.4) is 0 Å². The molecule has 1 fully saturated rings. The van der Waals surface area contributed by atoms with E-state index in [1.54, 1.807) is 6.92 Å². The lowest BCUT2D eigenvalue weighted by Crippen LogP contribution is -2.42. The first-order valence-electron chi connectivity index (χ1n) is 6.73. The first-order valence-corrected chi connectivity index (χ1v) is 7.49. The SMILES string of the molecule is CC(C(=O)NC1CCCCC1)n1cnc(Cl)c(Cl)c1=O. The Morgan fingerprint density at radius 3 is 2.70 bits per heavy atom. The van der Waals surface area contributed by atoms with Crippen LogP contribution in [0.15, 0.2) is 11.1 Å². The predicted molar refractivity (Wildman–Crippen MR) is 78.2 cm³/mol. The highest BCUT2D eigenvalue weighted by atomic mass is 35.5. The highest BCUT2D eigenvalue weighted by Gasteiger charge is 2.22. The van der Waals surface area contributed by atoms with E-state index in [1.165, 1.54) is 17.3 Å². The summed E-state index contributed by atoms with van der Waals surface area (Å²) < 4.78 is 1.20. The number of nitrogens with zero attached hydrogens (tertiary/aromatic N) is 2. The summed E-state index contributed by atoms with van der Waals surface area (Å²) in [4.78, 5) is 27.9. The number of hydrogen-bond acceptors (Lipinski definition) is 3. The van der Waals surface area contributed by atoms with Gasteiger partial charge in [-0.2, -0.15) is 0 Å². The Hall–Kier alpha value is -1.07. The highest BCUT2D eigenvalue weighted by molar-refractivity contribution is 6.40. The summed E-state index contributed by atoms with van der Waals surface area (Å²) in [7, 11) is 0. The van der Waals surface area contributed by atoms with Gasteiger partial charge in [0.15, 0.2) is 5.15 Å². The van der Waals surface area contributed by atoms with Crippen molar-refractivity contribution < 1.29 is 4.79 Å². The summed E-state index contributed by atoms with van der Waals surface area (Å²) in [5, 5.41) is 2.77. The zero-order valence-corrected chi connectivity index (χ0v) is 12.7. The van der Waals surface area contributed by atoms with Gasteiger partial charge in [-0.1, -0.05) is 42.5 Å². The van der Waals surface area contributed by atoms with Crippen molar-refractivity contribution in [1.82, 2.24) is 14.9 Å². The Bertz CT molecular complexity index is 553. The minimum absolute atomic E-state index is 0.0483. The third-order valence-corrected chi connectivity index (χ3v) is 4.37. The summed E-state index contributed by atoms with van der Waals surface area (Å²) in [5.41, 5.74) is -0.502. The molecule has 0 aromatic carbocycles. The Balaban J connectivity index is 2.10. The minimum atomic E-state index is -0.660. The molecule has 1 saturated carbocycles. The molecule has 1 aromatic rings. The quantitative estimate of drug-likeness (QED) is 0.871. The number of carbonyl (C=O) groups is 1. The molecule has 7 heteroatoms. The molecule has 0 saturated heterocycles. The lowest BCUT2D eigenvalue weighted by atomic mass is 9.95. The van der Waals surface area contributed by atoms with E-state index in [0.29, 0.717) is 0 Å². The van der Waals surface area contributed by atoms with Crippen LogP contribution < -0.4 is 10.9 Å². The van der Waals surface area contributed by atoms with Gasteiger partial charge in [0.25, 0.3) is 5.56 Å². The van der Waals surface area contributed by atoms with Gasteiger partial charge < -0.3 is 5.32 Å². The Kier molecular flexibility index (Phi) is 5.05. The number of hydrogen-bond donors (Lipinski definition) is 1. The Labute approximate surface area is 127 Å². The summed E-state index contributed by atoms with van der Waals surface area (Å²) in [5.74, 6) is -0.195. The number of carbonyl (C=O) groups excluding carboxylic acids is 1. The van der Waals surface area contributed by atoms with Gasteiger partial charge >= 0.3 is 0 Å². The first-order chi connectivity index (χ1) is 9.50. The van der Waals surface area contributed by atoms with Crippen molar-refractivity contribution in [1.29, 1.82) is 0 Å². The van der Waals surface area contributed by atoms with E-state index in [4.69, 9.17) is 23.2 Å². The predicted octanol–water partition coefficient (Wildman–Crippen LogP) is 2.56. The number of nitrogens with one attached hydrogen (secondary N) is 1. The fourth-order valence-electron chi connectivity index (χ4n) is 2.39.